The van der Waals surface area contributed by atoms with Gasteiger partial charge in [-0.1, -0.05) is 60.7 Å². The summed E-state index contributed by atoms with van der Waals surface area (Å²) >= 11 is 0. The van der Waals surface area contributed by atoms with Crippen LogP contribution >= 0.6 is 0 Å². The maximum Gasteiger partial charge on any atom is 0.303 e. The molecule has 0 aromatic heterocycles. The summed E-state index contributed by atoms with van der Waals surface area (Å²) in [5.74, 6) is 0.0557. The van der Waals surface area contributed by atoms with Gasteiger partial charge in [-0.25, -0.2) is 0 Å². The van der Waals surface area contributed by atoms with Crippen molar-refractivity contribution in [2.24, 2.45) is 0 Å². The molecular weight excluding hydrogens is 366 g/mol. The zero-order valence-electron chi connectivity index (χ0n) is 15.8. The summed E-state index contributed by atoms with van der Waals surface area (Å²) in [5.41, 5.74) is 2.25. The minimum Gasteiger partial charge on any atom is -0.489 e. The van der Waals surface area contributed by atoms with Crippen molar-refractivity contribution < 1.29 is 19.4 Å². The first kappa shape index (κ1) is 20.0. The first-order valence-corrected chi connectivity index (χ1v) is 9.30. The van der Waals surface area contributed by atoms with Crippen LogP contribution in [0.4, 0.5) is 0 Å². The van der Waals surface area contributed by atoms with Crippen LogP contribution in [0.3, 0.4) is 0 Å². The fraction of sp³-hybridized carbons (Fsp3) is 0.167. The Balaban J connectivity index is 1.80. The number of carboxylic acid groups (broad SMARTS) is 1. The average molecular weight is 387 g/mol. The van der Waals surface area contributed by atoms with Crippen LogP contribution in [0.15, 0.2) is 78.9 Å². The highest BCUT2D eigenvalue weighted by molar-refractivity contribution is 5.66. The van der Waals surface area contributed by atoms with E-state index in [0.29, 0.717) is 30.1 Å². The number of benzene rings is 3. The van der Waals surface area contributed by atoms with Gasteiger partial charge in [0.1, 0.15) is 30.3 Å². The highest BCUT2D eigenvalue weighted by atomic mass is 16.5. The lowest BCUT2D eigenvalue weighted by atomic mass is 10.0. The largest absolute Gasteiger partial charge is 0.489 e. The van der Waals surface area contributed by atoms with Crippen molar-refractivity contribution in [2.75, 3.05) is 0 Å². The second-order valence-electron chi connectivity index (χ2n) is 6.49. The number of ether oxygens (including phenoxy) is 2. The molecule has 0 aliphatic heterocycles. The lowest BCUT2D eigenvalue weighted by Gasteiger charge is -2.20. The summed E-state index contributed by atoms with van der Waals surface area (Å²) in [4.78, 5) is 11.1. The van der Waals surface area contributed by atoms with Crippen molar-refractivity contribution in [2.45, 2.75) is 25.6 Å². The molecule has 0 aliphatic carbocycles. The number of carbonyl (C=O) groups is 1. The third-order valence-corrected chi connectivity index (χ3v) is 4.38. The minimum absolute atomic E-state index is 0.0361. The first-order valence-electron chi connectivity index (χ1n) is 9.30. The van der Waals surface area contributed by atoms with Crippen LogP contribution in [-0.2, 0) is 11.4 Å². The average Bonchev–Trinajstić information content (AvgIpc) is 2.76. The summed E-state index contributed by atoms with van der Waals surface area (Å²) < 4.78 is 11.9. The Bertz CT molecular complexity index is 981. The van der Waals surface area contributed by atoms with Crippen molar-refractivity contribution in [3.8, 4) is 17.6 Å². The van der Waals surface area contributed by atoms with Crippen molar-refractivity contribution in [3.05, 3.63) is 95.6 Å². The summed E-state index contributed by atoms with van der Waals surface area (Å²) in [5, 5.41) is 18.5. The maximum atomic E-state index is 11.1. The molecule has 5 heteroatoms. The van der Waals surface area contributed by atoms with E-state index in [1.807, 2.05) is 60.7 Å². The van der Waals surface area contributed by atoms with Crippen LogP contribution in [-0.4, -0.2) is 11.1 Å². The smallest absolute Gasteiger partial charge is 0.303 e. The van der Waals surface area contributed by atoms with Gasteiger partial charge in [-0.3, -0.25) is 4.79 Å². The molecule has 1 unspecified atom stereocenters. The molecule has 0 saturated carbocycles. The quantitative estimate of drug-likeness (QED) is 0.551. The highest BCUT2D eigenvalue weighted by Gasteiger charge is 2.17. The van der Waals surface area contributed by atoms with Gasteiger partial charge in [0.25, 0.3) is 0 Å². The van der Waals surface area contributed by atoms with E-state index < -0.39 is 12.1 Å². The van der Waals surface area contributed by atoms with E-state index in [4.69, 9.17) is 14.6 Å². The molecule has 0 heterocycles. The zero-order chi connectivity index (χ0) is 20.5. The Morgan fingerprint density at radius 1 is 1.00 bits per heavy atom. The van der Waals surface area contributed by atoms with Gasteiger partial charge in [0.15, 0.2) is 0 Å². The number of carboxylic acids is 1. The third kappa shape index (κ3) is 5.85. The standard InChI is InChI=1S/C24H21NO4/c25-16-20-11-12-21(28-17-18-7-3-1-4-8-18)15-23(20)29-22(13-14-24(26)27)19-9-5-2-6-10-19/h1-12,15,22H,13-14,17H2,(H,26,27). The van der Waals surface area contributed by atoms with E-state index in [9.17, 15) is 10.1 Å². The molecule has 0 spiro atoms. The molecule has 0 amide bonds. The summed E-state index contributed by atoms with van der Waals surface area (Å²) in [7, 11) is 0. The number of aliphatic carboxylic acids is 1. The predicted octanol–water partition coefficient (Wildman–Crippen LogP) is 5.12. The molecule has 3 aromatic rings. The molecule has 1 N–H and O–H groups in total. The number of hydrogen-bond acceptors (Lipinski definition) is 4. The molecule has 3 rings (SSSR count). The summed E-state index contributed by atoms with van der Waals surface area (Å²) in [6.45, 7) is 0.396. The van der Waals surface area contributed by atoms with Crippen molar-refractivity contribution in [1.29, 1.82) is 5.26 Å². The van der Waals surface area contributed by atoms with E-state index in [2.05, 4.69) is 6.07 Å². The van der Waals surface area contributed by atoms with Crippen molar-refractivity contribution >= 4 is 5.97 Å². The van der Waals surface area contributed by atoms with Crippen LogP contribution in [0.1, 0.15) is 35.6 Å². The lowest BCUT2D eigenvalue weighted by Crippen LogP contribution is -2.11. The number of hydrogen-bond donors (Lipinski definition) is 1. The molecule has 0 aliphatic rings. The molecule has 0 fully saturated rings. The monoisotopic (exact) mass is 387 g/mol. The topological polar surface area (TPSA) is 79.5 Å². The van der Waals surface area contributed by atoms with Gasteiger partial charge in [0, 0.05) is 12.5 Å². The van der Waals surface area contributed by atoms with E-state index in [-0.39, 0.29) is 6.42 Å². The molecule has 3 aromatic carbocycles. The number of nitriles is 1. The SMILES string of the molecule is N#Cc1ccc(OCc2ccccc2)cc1OC(CCC(=O)O)c1ccccc1. The molecule has 146 valence electrons. The summed E-state index contributed by atoms with van der Waals surface area (Å²) in [6, 6.07) is 26.3. The molecule has 0 radical (unpaired) electrons. The number of nitrogens with zero attached hydrogens (tertiary/aromatic N) is 1. The second kappa shape index (κ2) is 9.95. The van der Waals surface area contributed by atoms with Crippen molar-refractivity contribution in [1.82, 2.24) is 0 Å². The lowest BCUT2D eigenvalue weighted by molar-refractivity contribution is -0.137. The second-order valence-corrected chi connectivity index (χ2v) is 6.49. The molecule has 29 heavy (non-hydrogen) atoms. The van der Waals surface area contributed by atoms with Crippen LogP contribution in [0, 0.1) is 11.3 Å². The Hall–Kier alpha value is -3.78. The van der Waals surface area contributed by atoms with Gasteiger partial charge in [0.2, 0.25) is 0 Å². The Labute approximate surface area is 169 Å². The first-order chi connectivity index (χ1) is 14.2. The Morgan fingerprint density at radius 3 is 2.34 bits per heavy atom. The van der Waals surface area contributed by atoms with Gasteiger partial charge < -0.3 is 14.6 Å². The van der Waals surface area contributed by atoms with Crippen LogP contribution < -0.4 is 9.47 Å². The number of rotatable bonds is 9. The van der Waals surface area contributed by atoms with E-state index in [1.165, 1.54) is 0 Å². The zero-order valence-corrected chi connectivity index (χ0v) is 15.8. The minimum atomic E-state index is -0.894. The van der Waals surface area contributed by atoms with Crippen LogP contribution in [0.2, 0.25) is 0 Å². The molecular formula is C24H21NO4. The molecule has 5 nitrogen and oxygen atoms in total. The predicted molar refractivity (Wildman–Crippen MR) is 109 cm³/mol. The van der Waals surface area contributed by atoms with Gasteiger partial charge in [-0.05, 0) is 29.7 Å². The van der Waals surface area contributed by atoms with Crippen LogP contribution in [0.5, 0.6) is 11.5 Å². The highest BCUT2D eigenvalue weighted by Crippen LogP contribution is 2.31. The fourth-order valence-electron chi connectivity index (χ4n) is 2.89. The van der Waals surface area contributed by atoms with Gasteiger partial charge in [-0.15, -0.1) is 0 Å². The molecule has 0 bridgehead atoms. The third-order valence-electron chi connectivity index (χ3n) is 4.38. The molecule has 1 atom stereocenters. The van der Waals surface area contributed by atoms with Crippen LogP contribution in [0.25, 0.3) is 0 Å². The Morgan fingerprint density at radius 2 is 1.69 bits per heavy atom. The fourth-order valence-corrected chi connectivity index (χ4v) is 2.89. The van der Waals surface area contributed by atoms with E-state index in [0.717, 1.165) is 11.1 Å². The van der Waals surface area contributed by atoms with Gasteiger partial charge in [-0.2, -0.15) is 5.26 Å². The van der Waals surface area contributed by atoms with Gasteiger partial charge in [0.05, 0.1) is 5.56 Å². The molecule has 0 saturated heterocycles. The maximum absolute atomic E-state index is 11.1. The normalized spacial score (nSPS) is 11.3. The van der Waals surface area contributed by atoms with E-state index in [1.54, 1.807) is 18.2 Å². The Kier molecular flexibility index (Phi) is 6.85. The summed E-state index contributed by atoms with van der Waals surface area (Å²) in [6.07, 6.45) is -0.228. The van der Waals surface area contributed by atoms with Gasteiger partial charge >= 0.3 is 5.97 Å². The van der Waals surface area contributed by atoms with E-state index >= 15 is 0 Å². The van der Waals surface area contributed by atoms with Crippen molar-refractivity contribution in [3.63, 3.8) is 0 Å².